The molecule has 8 heteroatoms. The van der Waals surface area contributed by atoms with Gasteiger partial charge in [0.05, 0.1) is 0 Å². The molecule has 2 aromatic rings. The van der Waals surface area contributed by atoms with E-state index in [-0.39, 0.29) is 6.54 Å². The molecule has 1 aliphatic heterocycles. The molecule has 1 aliphatic rings. The lowest BCUT2D eigenvalue weighted by atomic mass is 10.0. The fourth-order valence-electron chi connectivity index (χ4n) is 3.84. The van der Waals surface area contributed by atoms with Gasteiger partial charge in [0.1, 0.15) is 12.6 Å². The molecule has 0 aliphatic carbocycles. The molecule has 1 saturated heterocycles. The predicted octanol–water partition coefficient (Wildman–Crippen LogP) is 2.81. The minimum atomic E-state index is -0.966. The predicted molar refractivity (Wildman–Crippen MR) is 110 cm³/mol. The first kappa shape index (κ1) is 20.6. The summed E-state index contributed by atoms with van der Waals surface area (Å²) in [6, 6.07) is 4.68. The lowest BCUT2D eigenvalue weighted by Crippen LogP contribution is -2.49. The lowest BCUT2D eigenvalue weighted by Gasteiger charge is -2.37. The van der Waals surface area contributed by atoms with E-state index in [1.807, 2.05) is 30.0 Å². The van der Waals surface area contributed by atoms with Gasteiger partial charge >= 0.3 is 11.9 Å². The second kappa shape index (κ2) is 8.46. The highest BCUT2D eigenvalue weighted by Gasteiger charge is 2.32. The van der Waals surface area contributed by atoms with Gasteiger partial charge in [0.25, 0.3) is 0 Å². The van der Waals surface area contributed by atoms with E-state index >= 15 is 0 Å². The second-order valence-electron chi connectivity index (χ2n) is 7.28. The summed E-state index contributed by atoms with van der Waals surface area (Å²) in [5, 5.41) is 20.0. The number of benzene rings is 1. The Labute approximate surface area is 172 Å². The highest BCUT2D eigenvalue weighted by molar-refractivity contribution is 9.10. The molecule has 2 N–H and O–H groups in total. The van der Waals surface area contributed by atoms with Crippen molar-refractivity contribution in [2.45, 2.75) is 19.5 Å². The number of aromatic nitrogens is 1. The van der Waals surface area contributed by atoms with Gasteiger partial charge in [-0.15, -0.1) is 0 Å². The van der Waals surface area contributed by atoms with Gasteiger partial charge in [-0.05, 0) is 25.1 Å². The highest BCUT2D eigenvalue weighted by atomic mass is 79.9. The van der Waals surface area contributed by atoms with Gasteiger partial charge < -0.3 is 14.8 Å². The Hall–Kier alpha value is -2.16. The van der Waals surface area contributed by atoms with Crippen molar-refractivity contribution in [1.29, 1.82) is 0 Å². The molecule has 1 aromatic carbocycles. The molecule has 1 fully saturated rings. The van der Waals surface area contributed by atoms with Crippen LogP contribution in [0.25, 0.3) is 10.9 Å². The summed E-state index contributed by atoms with van der Waals surface area (Å²) in [6.07, 6.45) is 1.67. The Balaban J connectivity index is 1.95. The normalized spacial score (nSPS) is 16.9. The number of piperazine rings is 1. The van der Waals surface area contributed by atoms with E-state index in [1.165, 1.54) is 0 Å². The first-order valence-electron chi connectivity index (χ1n) is 9.10. The quantitative estimate of drug-likeness (QED) is 0.632. The Morgan fingerprint density at radius 1 is 1.18 bits per heavy atom. The fraction of sp³-hybridized carbons (Fsp3) is 0.400. The van der Waals surface area contributed by atoms with Crippen LogP contribution in [-0.4, -0.2) is 69.2 Å². The Morgan fingerprint density at radius 3 is 2.43 bits per heavy atom. The highest BCUT2D eigenvalue weighted by Crippen LogP contribution is 2.33. The summed E-state index contributed by atoms with van der Waals surface area (Å²) in [5.74, 6) is -1.89. The van der Waals surface area contributed by atoms with E-state index in [4.69, 9.17) is 0 Å². The Morgan fingerprint density at radius 2 is 1.86 bits per heavy atom. The van der Waals surface area contributed by atoms with Crippen LogP contribution >= 0.6 is 15.9 Å². The first-order chi connectivity index (χ1) is 13.3. The number of hydrogen-bond acceptors (Lipinski definition) is 4. The van der Waals surface area contributed by atoms with Crippen LogP contribution in [0.4, 0.5) is 0 Å². The number of rotatable bonds is 7. The Kier molecular flexibility index (Phi) is 6.22. The third-order valence-corrected chi connectivity index (χ3v) is 5.47. The van der Waals surface area contributed by atoms with Crippen LogP contribution in [0.1, 0.15) is 18.5 Å². The van der Waals surface area contributed by atoms with Crippen LogP contribution in [-0.2, 0) is 16.1 Å². The van der Waals surface area contributed by atoms with Crippen molar-refractivity contribution in [3.63, 3.8) is 0 Å². The smallest absolute Gasteiger partial charge is 0.325 e. The molecular formula is C20H24BrN3O4. The fourth-order valence-corrected chi connectivity index (χ4v) is 4.20. The van der Waals surface area contributed by atoms with Gasteiger partial charge in [0.2, 0.25) is 0 Å². The summed E-state index contributed by atoms with van der Waals surface area (Å²) in [6.45, 7) is 9.34. The Bertz CT molecular complexity index is 916. The van der Waals surface area contributed by atoms with E-state index < -0.39 is 18.0 Å². The van der Waals surface area contributed by atoms with E-state index in [0.29, 0.717) is 24.2 Å². The maximum absolute atomic E-state index is 12.2. The minimum Gasteiger partial charge on any atom is -0.480 e. The second-order valence-corrected chi connectivity index (χ2v) is 8.19. The number of carbonyl (C=O) groups is 2. The van der Waals surface area contributed by atoms with Crippen molar-refractivity contribution in [1.82, 2.24) is 14.4 Å². The molecule has 7 nitrogen and oxygen atoms in total. The van der Waals surface area contributed by atoms with Crippen molar-refractivity contribution in [3.05, 3.63) is 46.6 Å². The molecule has 0 spiro atoms. The summed E-state index contributed by atoms with van der Waals surface area (Å²) < 4.78 is 2.43. The van der Waals surface area contributed by atoms with E-state index in [1.54, 1.807) is 10.8 Å². The number of aliphatic carboxylic acids is 2. The topological polar surface area (TPSA) is 86.0 Å². The van der Waals surface area contributed by atoms with Crippen LogP contribution in [0.15, 0.2) is 41.0 Å². The molecule has 0 saturated carbocycles. The molecule has 0 amide bonds. The third-order valence-electron chi connectivity index (χ3n) is 4.97. The van der Waals surface area contributed by atoms with Gasteiger partial charge in [-0.1, -0.05) is 28.1 Å². The number of halogens is 1. The van der Waals surface area contributed by atoms with E-state index in [0.717, 1.165) is 35.1 Å². The van der Waals surface area contributed by atoms with Gasteiger partial charge in [-0.25, -0.2) is 0 Å². The van der Waals surface area contributed by atoms with Gasteiger partial charge in [-0.2, -0.15) is 0 Å². The van der Waals surface area contributed by atoms with Crippen LogP contribution < -0.4 is 0 Å². The molecule has 2 heterocycles. The molecule has 0 bridgehead atoms. The van der Waals surface area contributed by atoms with Gasteiger partial charge in [-0.3, -0.25) is 19.4 Å². The summed E-state index contributed by atoms with van der Waals surface area (Å²) in [7, 11) is 0. The molecule has 0 radical (unpaired) electrons. The van der Waals surface area contributed by atoms with Gasteiger partial charge in [0.15, 0.2) is 0 Å². The summed E-state index contributed by atoms with van der Waals surface area (Å²) >= 11 is 3.44. The zero-order valence-electron chi connectivity index (χ0n) is 15.8. The van der Waals surface area contributed by atoms with Crippen molar-refractivity contribution < 1.29 is 19.8 Å². The molecule has 1 aromatic heterocycles. The average Bonchev–Trinajstić information content (AvgIpc) is 2.92. The monoisotopic (exact) mass is 449 g/mol. The minimum absolute atomic E-state index is 0.211. The average molecular weight is 450 g/mol. The van der Waals surface area contributed by atoms with Crippen LogP contribution in [0.5, 0.6) is 0 Å². The first-order valence-corrected chi connectivity index (χ1v) is 9.89. The van der Waals surface area contributed by atoms with E-state index in [2.05, 4.69) is 27.4 Å². The number of fused-ring (bicyclic) bond motifs is 1. The van der Waals surface area contributed by atoms with Gasteiger partial charge in [0, 0.05) is 59.9 Å². The largest absolute Gasteiger partial charge is 0.480 e. The standard InChI is InChI=1S/C20H24BrN3O4/c1-13(2)10-22-5-7-23(8-6-22)19(20(27)28)16-11-24(12-18(25)26)17-4-3-14(21)9-15(16)17/h3-4,9,11,19H,1,5-8,10,12H2,2H3,(H,25,26)(H,27,28)/t19-/m1/s1. The number of hydrogen-bond donors (Lipinski definition) is 2. The van der Waals surface area contributed by atoms with Crippen LogP contribution in [0, 0.1) is 0 Å². The van der Waals surface area contributed by atoms with Crippen molar-refractivity contribution in [2.24, 2.45) is 0 Å². The van der Waals surface area contributed by atoms with Crippen molar-refractivity contribution in [3.8, 4) is 0 Å². The summed E-state index contributed by atoms with van der Waals surface area (Å²) in [5.41, 5.74) is 2.43. The van der Waals surface area contributed by atoms with Crippen LogP contribution in [0.3, 0.4) is 0 Å². The summed E-state index contributed by atoms with van der Waals surface area (Å²) in [4.78, 5) is 27.7. The van der Waals surface area contributed by atoms with Crippen molar-refractivity contribution in [2.75, 3.05) is 32.7 Å². The number of carboxylic acids is 2. The number of carboxylic acid groups (broad SMARTS) is 2. The molecule has 3 rings (SSSR count). The molecule has 150 valence electrons. The number of nitrogens with zero attached hydrogens (tertiary/aromatic N) is 3. The maximum Gasteiger partial charge on any atom is 0.325 e. The maximum atomic E-state index is 12.2. The lowest BCUT2D eigenvalue weighted by molar-refractivity contribution is -0.144. The van der Waals surface area contributed by atoms with E-state index in [9.17, 15) is 19.8 Å². The van der Waals surface area contributed by atoms with Crippen molar-refractivity contribution >= 4 is 38.8 Å². The molecular weight excluding hydrogens is 426 g/mol. The SMILES string of the molecule is C=C(C)CN1CCN([C@@H](C(=O)O)c2cn(CC(=O)O)c3ccc(Br)cc23)CC1. The molecule has 1 atom stereocenters. The zero-order valence-corrected chi connectivity index (χ0v) is 17.4. The van der Waals surface area contributed by atoms with Crippen LogP contribution in [0.2, 0.25) is 0 Å². The molecule has 28 heavy (non-hydrogen) atoms. The molecule has 0 unspecified atom stereocenters. The third kappa shape index (κ3) is 4.45. The zero-order chi connectivity index (χ0) is 20.4.